The number of rotatable bonds is 9. The van der Waals surface area contributed by atoms with Crippen LogP contribution in [0.4, 0.5) is 21.5 Å². The molecule has 4 rings (SSSR count). The first-order valence-electron chi connectivity index (χ1n) is 14.0. The number of carbonyl (C=O) groups is 2. The lowest BCUT2D eigenvalue weighted by Gasteiger charge is -2.30. The first-order valence-corrected chi connectivity index (χ1v) is 14.0. The van der Waals surface area contributed by atoms with Gasteiger partial charge < -0.3 is 14.5 Å². The van der Waals surface area contributed by atoms with E-state index in [9.17, 15) is 9.59 Å². The van der Waals surface area contributed by atoms with Crippen molar-refractivity contribution < 1.29 is 18.7 Å². The van der Waals surface area contributed by atoms with Gasteiger partial charge in [0.2, 0.25) is 5.91 Å². The van der Waals surface area contributed by atoms with Crippen LogP contribution in [0.1, 0.15) is 50.2 Å². The van der Waals surface area contributed by atoms with Gasteiger partial charge in [-0.05, 0) is 72.4 Å². The first-order chi connectivity index (χ1) is 19.8. The third-order valence-corrected chi connectivity index (χ3v) is 7.40. The van der Waals surface area contributed by atoms with Gasteiger partial charge in [-0.15, -0.1) is 0 Å². The van der Waals surface area contributed by atoms with Gasteiger partial charge >= 0.3 is 5.97 Å². The van der Waals surface area contributed by atoms with E-state index in [2.05, 4.69) is 4.85 Å². The molecule has 3 aromatic carbocycles. The molecule has 1 saturated carbocycles. The summed E-state index contributed by atoms with van der Waals surface area (Å²) in [6, 6.07) is 18.0. The van der Waals surface area contributed by atoms with Gasteiger partial charge in [-0.25, -0.2) is 14.0 Å². The van der Waals surface area contributed by atoms with Crippen molar-refractivity contribution in [1.82, 2.24) is 0 Å². The molecule has 7 heteroatoms. The van der Waals surface area contributed by atoms with Crippen molar-refractivity contribution >= 4 is 35.0 Å². The number of hydrogen-bond acceptors (Lipinski definition) is 4. The van der Waals surface area contributed by atoms with Crippen LogP contribution >= 0.6 is 0 Å². The predicted molar refractivity (Wildman–Crippen MR) is 162 cm³/mol. The third-order valence-electron chi connectivity index (χ3n) is 7.40. The highest BCUT2D eigenvalue weighted by Crippen LogP contribution is 2.35. The normalized spacial score (nSPS) is 13.5. The SMILES string of the molecule is [C-]#[N+]c1cc(CN(C(=O)C2CCCCC2)c2cc(/C=C/C(=O)OCC)ccc2F)ccc1-c1ccc(N(C)C)cc1. The summed E-state index contributed by atoms with van der Waals surface area (Å²) in [6.07, 6.45) is 7.43. The summed E-state index contributed by atoms with van der Waals surface area (Å²) in [5, 5.41) is 0. The molecule has 0 saturated heterocycles. The Labute approximate surface area is 241 Å². The van der Waals surface area contributed by atoms with E-state index < -0.39 is 11.8 Å². The lowest BCUT2D eigenvalue weighted by Crippen LogP contribution is -2.37. The number of carbonyl (C=O) groups excluding carboxylic acids is 2. The fourth-order valence-corrected chi connectivity index (χ4v) is 5.18. The molecule has 3 aromatic rings. The molecule has 41 heavy (non-hydrogen) atoms. The van der Waals surface area contributed by atoms with E-state index in [1.807, 2.05) is 55.4 Å². The van der Waals surface area contributed by atoms with E-state index in [1.165, 1.54) is 17.0 Å². The molecule has 1 amide bonds. The number of benzene rings is 3. The number of esters is 1. The summed E-state index contributed by atoms with van der Waals surface area (Å²) >= 11 is 0. The Morgan fingerprint density at radius 2 is 1.76 bits per heavy atom. The van der Waals surface area contributed by atoms with Crippen LogP contribution in [0, 0.1) is 18.3 Å². The molecule has 0 aliphatic heterocycles. The van der Waals surface area contributed by atoms with Crippen LogP contribution in [0.3, 0.4) is 0 Å². The van der Waals surface area contributed by atoms with Gasteiger partial charge in [0.05, 0.1) is 18.9 Å². The summed E-state index contributed by atoms with van der Waals surface area (Å²) in [5.74, 6) is -1.32. The van der Waals surface area contributed by atoms with E-state index in [0.29, 0.717) is 11.3 Å². The van der Waals surface area contributed by atoms with Crippen molar-refractivity contribution in [3.05, 3.63) is 95.1 Å². The number of halogens is 1. The molecular formula is C34H36FN3O3. The minimum absolute atomic E-state index is 0.122. The lowest BCUT2D eigenvalue weighted by molar-refractivity contribution is -0.137. The Balaban J connectivity index is 1.69. The molecule has 0 N–H and O–H groups in total. The first kappa shape index (κ1) is 29.5. The maximum Gasteiger partial charge on any atom is 0.330 e. The van der Waals surface area contributed by atoms with Gasteiger partial charge in [-0.2, -0.15) is 0 Å². The molecule has 0 radical (unpaired) electrons. The number of amides is 1. The van der Waals surface area contributed by atoms with Crippen molar-refractivity contribution in [3.63, 3.8) is 0 Å². The van der Waals surface area contributed by atoms with Crippen LogP contribution in [0.15, 0.2) is 66.7 Å². The van der Waals surface area contributed by atoms with Gasteiger partial charge in [0.25, 0.3) is 0 Å². The molecule has 1 aliphatic carbocycles. The highest BCUT2D eigenvalue weighted by Gasteiger charge is 2.29. The molecule has 6 nitrogen and oxygen atoms in total. The molecule has 0 spiro atoms. The lowest BCUT2D eigenvalue weighted by atomic mass is 9.88. The third kappa shape index (κ3) is 7.40. The molecule has 0 atom stereocenters. The molecule has 1 fully saturated rings. The zero-order valence-corrected chi connectivity index (χ0v) is 23.9. The Kier molecular flexibility index (Phi) is 9.91. The predicted octanol–water partition coefficient (Wildman–Crippen LogP) is 7.80. The molecule has 1 aliphatic rings. The Bertz CT molecular complexity index is 1450. The van der Waals surface area contributed by atoms with Crippen molar-refractivity contribution in [2.24, 2.45) is 5.92 Å². The summed E-state index contributed by atoms with van der Waals surface area (Å²) in [6.45, 7) is 9.94. The summed E-state index contributed by atoms with van der Waals surface area (Å²) in [7, 11) is 3.95. The van der Waals surface area contributed by atoms with Crippen LogP contribution in [-0.2, 0) is 20.9 Å². The molecule has 0 unspecified atom stereocenters. The fraction of sp³-hybridized carbons (Fsp3) is 0.324. The van der Waals surface area contributed by atoms with Gasteiger partial charge in [0, 0.05) is 38.3 Å². The van der Waals surface area contributed by atoms with Crippen LogP contribution in [-0.4, -0.2) is 32.6 Å². The Hall–Kier alpha value is -4.44. The van der Waals surface area contributed by atoms with Crippen LogP contribution in [0.2, 0.25) is 0 Å². The second-order valence-corrected chi connectivity index (χ2v) is 10.5. The van der Waals surface area contributed by atoms with Crippen molar-refractivity contribution in [2.45, 2.75) is 45.6 Å². The van der Waals surface area contributed by atoms with Crippen molar-refractivity contribution in [1.29, 1.82) is 0 Å². The highest BCUT2D eigenvalue weighted by molar-refractivity contribution is 5.96. The zero-order valence-electron chi connectivity index (χ0n) is 23.9. The second kappa shape index (κ2) is 13.8. The quantitative estimate of drug-likeness (QED) is 0.154. The zero-order chi connectivity index (χ0) is 29.4. The van der Waals surface area contributed by atoms with Crippen molar-refractivity contribution in [2.75, 3.05) is 30.5 Å². The van der Waals surface area contributed by atoms with Crippen LogP contribution in [0.5, 0.6) is 0 Å². The van der Waals surface area contributed by atoms with Crippen LogP contribution in [0.25, 0.3) is 22.0 Å². The van der Waals surface area contributed by atoms with E-state index in [0.717, 1.165) is 54.5 Å². The number of anilines is 2. The molecule has 212 valence electrons. The number of nitrogens with zero attached hydrogens (tertiary/aromatic N) is 3. The molecular weight excluding hydrogens is 517 g/mol. The van der Waals surface area contributed by atoms with Crippen LogP contribution < -0.4 is 9.80 Å². The van der Waals surface area contributed by atoms with E-state index in [1.54, 1.807) is 31.2 Å². The van der Waals surface area contributed by atoms with Gasteiger partial charge in [0.15, 0.2) is 5.69 Å². The van der Waals surface area contributed by atoms with E-state index >= 15 is 4.39 Å². The van der Waals surface area contributed by atoms with Gasteiger partial charge in [-0.1, -0.05) is 55.7 Å². The molecule has 0 heterocycles. The average molecular weight is 554 g/mol. The van der Waals surface area contributed by atoms with E-state index in [4.69, 9.17) is 11.3 Å². The largest absolute Gasteiger partial charge is 0.463 e. The highest BCUT2D eigenvalue weighted by atomic mass is 19.1. The Morgan fingerprint density at radius 1 is 1.02 bits per heavy atom. The summed E-state index contributed by atoms with van der Waals surface area (Å²) in [5.41, 5.74) is 4.73. The standard InChI is InChI=1S/C34H36FN3O3/c1-5-41-33(39)20-13-24-12-19-30(35)32(22-24)38(34(40)27-9-7-6-8-10-27)23-25-11-18-29(31(21-25)36-2)26-14-16-28(17-15-26)37(3)4/h11-22,27H,5-10,23H2,1,3-4H3/b20-13+. The van der Waals surface area contributed by atoms with E-state index in [-0.39, 0.29) is 30.7 Å². The minimum Gasteiger partial charge on any atom is -0.463 e. The number of hydrogen-bond donors (Lipinski definition) is 0. The maximum atomic E-state index is 15.3. The average Bonchev–Trinajstić information content (AvgIpc) is 2.99. The maximum absolute atomic E-state index is 15.3. The topological polar surface area (TPSA) is 54.2 Å². The number of ether oxygens (including phenoxy) is 1. The minimum atomic E-state index is -0.523. The Morgan fingerprint density at radius 3 is 2.41 bits per heavy atom. The fourth-order valence-electron chi connectivity index (χ4n) is 5.18. The monoisotopic (exact) mass is 553 g/mol. The smallest absolute Gasteiger partial charge is 0.330 e. The molecule has 0 aromatic heterocycles. The molecule has 0 bridgehead atoms. The second-order valence-electron chi connectivity index (χ2n) is 10.5. The van der Waals surface area contributed by atoms with Gasteiger partial charge in [0.1, 0.15) is 5.82 Å². The van der Waals surface area contributed by atoms with Crippen molar-refractivity contribution in [3.8, 4) is 11.1 Å². The van der Waals surface area contributed by atoms with Gasteiger partial charge in [-0.3, -0.25) is 4.79 Å². The summed E-state index contributed by atoms with van der Waals surface area (Å²) < 4.78 is 20.3. The summed E-state index contributed by atoms with van der Waals surface area (Å²) in [4.78, 5) is 33.0.